The van der Waals surface area contributed by atoms with Crippen molar-refractivity contribution in [2.24, 2.45) is 5.92 Å². The number of ketones is 1. The molecular weight excluding hydrogens is 400 g/mol. The van der Waals surface area contributed by atoms with Crippen LogP contribution in [0.15, 0.2) is 36.4 Å². The smallest absolute Gasteiger partial charge is 0.303 e. The van der Waals surface area contributed by atoms with E-state index in [0.717, 1.165) is 0 Å². The van der Waals surface area contributed by atoms with Gasteiger partial charge in [-0.05, 0) is 31.4 Å². The van der Waals surface area contributed by atoms with Crippen molar-refractivity contribution in [3.05, 3.63) is 41.4 Å². The number of aliphatic hydroxyl groups is 2. The second-order valence-corrected chi connectivity index (χ2v) is 7.44. The van der Waals surface area contributed by atoms with Crippen LogP contribution in [-0.2, 0) is 14.3 Å². The maximum absolute atomic E-state index is 12.1. The van der Waals surface area contributed by atoms with E-state index in [1.54, 1.807) is 24.3 Å². The molecule has 29 heavy (non-hydrogen) atoms. The number of hydrogen-bond acceptors (Lipinski definition) is 6. The van der Waals surface area contributed by atoms with Crippen LogP contribution in [0.2, 0.25) is 5.02 Å². The lowest BCUT2D eigenvalue weighted by molar-refractivity contribution is -0.137. The predicted molar refractivity (Wildman–Crippen MR) is 107 cm³/mol. The Bertz CT molecular complexity index is 706. The number of rotatable bonds is 12. The minimum absolute atomic E-state index is 0.0222. The molecule has 7 nitrogen and oxygen atoms in total. The number of carbonyl (C=O) groups is 2. The maximum atomic E-state index is 12.1. The van der Waals surface area contributed by atoms with Gasteiger partial charge in [0.25, 0.3) is 0 Å². The average molecular weight is 427 g/mol. The topological polar surface area (TPSA) is 113 Å². The SMILES string of the molecule is O=C(O)CCC/C=C/CC1C(=O)CC(O)C1OCC(O)COc1ccccc1Cl. The molecule has 1 aliphatic rings. The monoisotopic (exact) mass is 426 g/mol. The third kappa shape index (κ3) is 7.78. The van der Waals surface area contributed by atoms with Gasteiger partial charge in [0.2, 0.25) is 0 Å². The molecule has 0 saturated heterocycles. The van der Waals surface area contributed by atoms with Gasteiger partial charge in [0.1, 0.15) is 24.2 Å². The minimum Gasteiger partial charge on any atom is -0.489 e. The number of benzene rings is 1. The van der Waals surface area contributed by atoms with E-state index in [0.29, 0.717) is 30.0 Å². The second kappa shape index (κ2) is 11.9. The molecule has 0 heterocycles. The van der Waals surface area contributed by atoms with Crippen LogP contribution in [0.1, 0.15) is 32.1 Å². The third-order valence-corrected chi connectivity index (χ3v) is 4.98. The number of hydrogen-bond donors (Lipinski definition) is 3. The second-order valence-electron chi connectivity index (χ2n) is 7.03. The zero-order valence-corrected chi connectivity index (χ0v) is 16.8. The molecule has 2 rings (SSSR count). The zero-order valence-electron chi connectivity index (χ0n) is 16.1. The normalized spacial score (nSPS) is 22.9. The fourth-order valence-corrected chi connectivity index (χ4v) is 3.36. The van der Waals surface area contributed by atoms with E-state index >= 15 is 0 Å². The average Bonchev–Trinajstić information content (AvgIpc) is 2.94. The maximum Gasteiger partial charge on any atom is 0.303 e. The number of carbonyl (C=O) groups excluding carboxylic acids is 1. The largest absolute Gasteiger partial charge is 0.489 e. The molecule has 1 fully saturated rings. The zero-order chi connectivity index (χ0) is 21.2. The van der Waals surface area contributed by atoms with Crippen molar-refractivity contribution in [3.8, 4) is 5.75 Å². The van der Waals surface area contributed by atoms with Crippen molar-refractivity contribution in [1.82, 2.24) is 0 Å². The lowest BCUT2D eigenvalue weighted by Gasteiger charge is -2.22. The summed E-state index contributed by atoms with van der Waals surface area (Å²) < 4.78 is 11.1. The number of allylic oxidation sites excluding steroid dienone is 2. The van der Waals surface area contributed by atoms with Gasteiger partial charge in [0.15, 0.2) is 0 Å². The van der Waals surface area contributed by atoms with Crippen molar-refractivity contribution in [2.75, 3.05) is 13.2 Å². The van der Waals surface area contributed by atoms with Gasteiger partial charge in [0, 0.05) is 18.8 Å². The summed E-state index contributed by atoms with van der Waals surface area (Å²) in [5.74, 6) is -0.954. The summed E-state index contributed by atoms with van der Waals surface area (Å²) in [6.45, 7) is -0.118. The highest BCUT2D eigenvalue weighted by molar-refractivity contribution is 6.32. The van der Waals surface area contributed by atoms with Gasteiger partial charge in [-0.3, -0.25) is 9.59 Å². The van der Waals surface area contributed by atoms with Gasteiger partial charge in [-0.1, -0.05) is 35.9 Å². The van der Waals surface area contributed by atoms with Crippen LogP contribution in [0.3, 0.4) is 0 Å². The first kappa shape index (κ1) is 23.3. The van der Waals surface area contributed by atoms with E-state index < -0.39 is 30.2 Å². The van der Waals surface area contributed by atoms with Gasteiger partial charge in [-0.25, -0.2) is 0 Å². The lowest BCUT2D eigenvalue weighted by Crippen LogP contribution is -2.34. The van der Waals surface area contributed by atoms with Crippen LogP contribution in [0.25, 0.3) is 0 Å². The Morgan fingerprint density at radius 3 is 2.76 bits per heavy atom. The molecule has 0 bridgehead atoms. The summed E-state index contributed by atoms with van der Waals surface area (Å²) >= 11 is 5.99. The number of carboxylic acids is 1. The number of Topliss-reactive ketones (excluding diaryl/α,β-unsaturated/α-hetero) is 1. The number of aliphatic carboxylic acids is 1. The fraction of sp³-hybridized carbons (Fsp3) is 0.524. The first-order valence-electron chi connectivity index (χ1n) is 9.63. The van der Waals surface area contributed by atoms with Crippen molar-refractivity contribution in [3.63, 3.8) is 0 Å². The Balaban J connectivity index is 1.77. The van der Waals surface area contributed by atoms with Crippen LogP contribution < -0.4 is 4.74 Å². The highest BCUT2D eigenvalue weighted by atomic mass is 35.5. The van der Waals surface area contributed by atoms with E-state index in [2.05, 4.69) is 0 Å². The van der Waals surface area contributed by atoms with Crippen LogP contribution in [-0.4, -0.2) is 58.6 Å². The summed E-state index contributed by atoms with van der Waals surface area (Å²) in [4.78, 5) is 22.6. The molecule has 1 aliphatic carbocycles. The lowest BCUT2D eigenvalue weighted by atomic mass is 9.99. The highest BCUT2D eigenvalue weighted by Gasteiger charge is 2.41. The summed E-state index contributed by atoms with van der Waals surface area (Å²) in [6, 6.07) is 6.91. The van der Waals surface area contributed by atoms with Crippen molar-refractivity contribution >= 4 is 23.4 Å². The number of aliphatic hydroxyl groups excluding tert-OH is 2. The molecule has 160 valence electrons. The summed E-state index contributed by atoms with van der Waals surface area (Å²) in [7, 11) is 0. The number of halogens is 1. The standard InChI is InChI=1S/C21H27ClO7/c22-16-8-5-6-9-19(16)28-12-14(23)13-29-21-15(17(24)11-18(21)25)7-3-1-2-4-10-20(26)27/h1,3,5-6,8-9,14-15,18,21,23,25H,2,4,7,10-13H2,(H,26,27)/b3-1+. The van der Waals surface area contributed by atoms with Crippen LogP contribution in [0, 0.1) is 5.92 Å². The number of ether oxygens (including phenoxy) is 2. The summed E-state index contributed by atoms with van der Waals surface area (Å²) in [6.07, 6.45) is 2.77. The molecule has 0 aliphatic heterocycles. The third-order valence-electron chi connectivity index (χ3n) is 4.67. The number of carboxylic acid groups (broad SMARTS) is 1. The van der Waals surface area contributed by atoms with Gasteiger partial charge in [-0.15, -0.1) is 0 Å². The number of unbranched alkanes of at least 4 members (excludes halogenated alkanes) is 1. The van der Waals surface area contributed by atoms with Gasteiger partial charge < -0.3 is 24.8 Å². The summed E-state index contributed by atoms with van der Waals surface area (Å²) in [5.41, 5.74) is 0. The number of para-hydroxylation sites is 1. The van der Waals surface area contributed by atoms with E-state index in [-0.39, 0.29) is 31.8 Å². The minimum atomic E-state index is -0.943. The quantitative estimate of drug-likeness (QED) is 0.347. The Labute approximate surface area is 174 Å². The Morgan fingerprint density at radius 1 is 1.28 bits per heavy atom. The van der Waals surface area contributed by atoms with Gasteiger partial charge in [-0.2, -0.15) is 0 Å². The first-order valence-corrected chi connectivity index (χ1v) is 10.0. The van der Waals surface area contributed by atoms with Gasteiger partial charge >= 0.3 is 5.97 Å². The van der Waals surface area contributed by atoms with E-state index in [1.165, 1.54) is 0 Å². The van der Waals surface area contributed by atoms with E-state index in [9.17, 15) is 19.8 Å². The Morgan fingerprint density at radius 2 is 2.03 bits per heavy atom. The van der Waals surface area contributed by atoms with Crippen LogP contribution in [0.4, 0.5) is 0 Å². The van der Waals surface area contributed by atoms with Gasteiger partial charge in [0.05, 0.1) is 23.8 Å². The highest BCUT2D eigenvalue weighted by Crippen LogP contribution is 2.29. The molecule has 3 N–H and O–H groups in total. The molecule has 0 radical (unpaired) electrons. The molecule has 4 unspecified atom stereocenters. The molecule has 1 aromatic carbocycles. The van der Waals surface area contributed by atoms with E-state index in [4.69, 9.17) is 26.2 Å². The predicted octanol–water partition coefficient (Wildman–Crippen LogP) is 2.62. The summed E-state index contributed by atoms with van der Waals surface area (Å²) in [5, 5.41) is 29.3. The molecule has 1 aromatic rings. The molecule has 8 heteroatoms. The Kier molecular flexibility index (Phi) is 9.60. The molecule has 1 saturated carbocycles. The molecule has 4 atom stereocenters. The Hall–Kier alpha value is -1.93. The van der Waals surface area contributed by atoms with Crippen molar-refractivity contribution in [2.45, 2.75) is 50.4 Å². The molecule has 0 spiro atoms. The van der Waals surface area contributed by atoms with Crippen LogP contribution >= 0.6 is 11.6 Å². The first-order chi connectivity index (χ1) is 13.9. The van der Waals surface area contributed by atoms with Crippen molar-refractivity contribution < 1.29 is 34.4 Å². The van der Waals surface area contributed by atoms with Crippen LogP contribution in [0.5, 0.6) is 5.75 Å². The van der Waals surface area contributed by atoms with Crippen molar-refractivity contribution in [1.29, 1.82) is 0 Å². The molecule has 0 aromatic heterocycles. The fourth-order valence-electron chi connectivity index (χ4n) is 3.17. The molecular formula is C21H27ClO7. The molecule has 0 amide bonds. The van der Waals surface area contributed by atoms with E-state index in [1.807, 2.05) is 12.2 Å².